The molecule has 1 unspecified atom stereocenters. The van der Waals surface area contributed by atoms with Gasteiger partial charge in [-0.1, -0.05) is 25.4 Å². The first-order valence-corrected chi connectivity index (χ1v) is 8.74. The molecule has 0 bridgehead atoms. The number of rotatable bonds is 6. The van der Waals surface area contributed by atoms with Crippen molar-refractivity contribution in [1.82, 2.24) is 20.7 Å². The minimum absolute atomic E-state index is 0.386. The Labute approximate surface area is 139 Å². The smallest absolute Gasteiger partial charge is 0.191 e. The Morgan fingerprint density at radius 1 is 1.43 bits per heavy atom. The van der Waals surface area contributed by atoms with Crippen LogP contribution in [0.2, 0.25) is 0 Å². The predicted octanol–water partition coefficient (Wildman–Crippen LogP) is 2.34. The fourth-order valence-electron chi connectivity index (χ4n) is 2.88. The molecule has 6 heteroatoms. The first-order chi connectivity index (χ1) is 11.1. The Hall–Kier alpha value is -1.56. The lowest BCUT2D eigenvalue weighted by molar-refractivity contribution is 0.163. The largest absolute Gasteiger partial charge is 0.359 e. The molecule has 1 aliphatic heterocycles. The molecule has 0 aliphatic carbocycles. The fourth-order valence-corrected chi connectivity index (χ4v) is 2.88. The summed E-state index contributed by atoms with van der Waals surface area (Å²) < 4.78 is 5.33. The molecule has 1 aliphatic rings. The van der Waals surface area contributed by atoms with Gasteiger partial charge in [-0.2, -0.15) is 0 Å². The molecule has 1 saturated heterocycles. The third kappa shape index (κ3) is 5.53. The van der Waals surface area contributed by atoms with Gasteiger partial charge < -0.3 is 15.2 Å². The van der Waals surface area contributed by atoms with E-state index in [4.69, 9.17) is 4.52 Å². The molecule has 23 heavy (non-hydrogen) atoms. The predicted molar refractivity (Wildman–Crippen MR) is 93.7 cm³/mol. The molecule has 1 aromatic heterocycles. The number of hydrogen-bond donors (Lipinski definition) is 2. The van der Waals surface area contributed by atoms with Crippen LogP contribution >= 0.6 is 0 Å². The van der Waals surface area contributed by atoms with Crippen LogP contribution in [-0.2, 0) is 6.54 Å². The van der Waals surface area contributed by atoms with Gasteiger partial charge in [0.1, 0.15) is 0 Å². The number of guanidine groups is 1. The molecule has 2 N–H and O–H groups in total. The quantitative estimate of drug-likeness (QED) is 0.622. The van der Waals surface area contributed by atoms with Gasteiger partial charge in [-0.15, -0.1) is 0 Å². The molecule has 0 aromatic carbocycles. The molecule has 0 saturated carbocycles. The molecule has 0 radical (unpaired) electrons. The Bertz CT molecular complexity index is 497. The summed E-state index contributed by atoms with van der Waals surface area (Å²) in [7, 11) is 1.79. The van der Waals surface area contributed by atoms with Gasteiger partial charge in [0.15, 0.2) is 11.7 Å². The lowest BCUT2D eigenvalue weighted by Gasteiger charge is -2.33. The molecule has 2 rings (SSSR count). The Balaban J connectivity index is 1.70. The third-order valence-corrected chi connectivity index (χ3v) is 4.45. The van der Waals surface area contributed by atoms with Crippen molar-refractivity contribution >= 4 is 5.96 Å². The molecule has 6 nitrogen and oxygen atoms in total. The van der Waals surface area contributed by atoms with Gasteiger partial charge in [0.05, 0.1) is 12.2 Å². The van der Waals surface area contributed by atoms with Crippen LogP contribution in [0.15, 0.2) is 15.6 Å². The molecule has 1 aromatic rings. The van der Waals surface area contributed by atoms with Crippen LogP contribution < -0.4 is 10.6 Å². The summed E-state index contributed by atoms with van der Waals surface area (Å²) >= 11 is 0. The van der Waals surface area contributed by atoms with Crippen molar-refractivity contribution < 1.29 is 4.52 Å². The van der Waals surface area contributed by atoms with Crippen molar-refractivity contribution in [1.29, 1.82) is 0 Å². The van der Waals surface area contributed by atoms with E-state index in [0.717, 1.165) is 30.5 Å². The van der Waals surface area contributed by atoms with Gasteiger partial charge in [-0.25, -0.2) is 0 Å². The number of nitrogens with zero attached hydrogens (tertiary/aromatic N) is 3. The number of hydrogen-bond acceptors (Lipinski definition) is 4. The second-order valence-corrected chi connectivity index (χ2v) is 6.61. The zero-order chi connectivity index (χ0) is 16.7. The zero-order valence-electron chi connectivity index (χ0n) is 14.9. The van der Waals surface area contributed by atoms with Crippen LogP contribution in [-0.4, -0.2) is 48.7 Å². The average molecular weight is 321 g/mol. The maximum absolute atomic E-state index is 5.33. The number of aliphatic imine (C=N–C) groups is 1. The Kier molecular flexibility index (Phi) is 6.89. The summed E-state index contributed by atoms with van der Waals surface area (Å²) in [4.78, 5) is 6.81. The number of nitrogens with one attached hydrogen (secondary N) is 2. The summed E-state index contributed by atoms with van der Waals surface area (Å²) in [5, 5.41) is 10.7. The van der Waals surface area contributed by atoms with Crippen molar-refractivity contribution in [2.75, 3.05) is 26.7 Å². The number of aromatic nitrogens is 1. The van der Waals surface area contributed by atoms with Gasteiger partial charge in [0, 0.05) is 32.2 Å². The van der Waals surface area contributed by atoms with Crippen molar-refractivity contribution in [3.8, 4) is 0 Å². The topological polar surface area (TPSA) is 65.7 Å². The Morgan fingerprint density at radius 3 is 2.91 bits per heavy atom. The van der Waals surface area contributed by atoms with E-state index in [9.17, 15) is 0 Å². The van der Waals surface area contributed by atoms with Crippen LogP contribution in [0.4, 0.5) is 0 Å². The third-order valence-electron chi connectivity index (χ3n) is 4.45. The maximum atomic E-state index is 5.33. The number of piperidine rings is 1. The van der Waals surface area contributed by atoms with Crippen molar-refractivity contribution in [3.63, 3.8) is 0 Å². The van der Waals surface area contributed by atoms with E-state index in [1.807, 2.05) is 6.07 Å². The lowest BCUT2D eigenvalue weighted by Crippen LogP contribution is -2.45. The number of likely N-dealkylation sites (tertiary alicyclic amines) is 1. The van der Waals surface area contributed by atoms with Crippen LogP contribution in [0.1, 0.15) is 57.4 Å². The maximum Gasteiger partial charge on any atom is 0.191 e. The van der Waals surface area contributed by atoms with E-state index in [1.54, 1.807) is 7.05 Å². The summed E-state index contributed by atoms with van der Waals surface area (Å²) in [6.07, 6.45) is 4.00. The highest BCUT2D eigenvalue weighted by molar-refractivity contribution is 5.79. The standard InChI is InChI=1S/C17H31N5O/c1-13(2)16-11-15(23-21-16)12-20-17(18-4)19-8-10-22-9-6-5-7-14(22)3/h11,13-14H,5-10,12H2,1-4H3,(H2,18,19,20). The van der Waals surface area contributed by atoms with E-state index < -0.39 is 0 Å². The van der Waals surface area contributed by atoms with E-state index in [-0.39, 0.29) is 0 Å². The summed E-state index contributed by atoms with van der Waals surface area (Å²) in [6.45, 7) is 10.3. The van der Waals surface area contributed by atoms with E-state index >= 15 is 0 Å². The van der Waals surface area contributed by atoms with E-state index in [1.165, 1.54) is 25.8 Å². The molecule has 1 fully saturated rings. The van der Waals surface area contributed by atoms with Crippen molar-refractivity contribution in [3.05, 3.63) is 17.5 Å². The molecule has 1 atom stereocenters. The SMILES string of the molecule is CN=C(NCCN1CCCCC1C)NCc1cc(C(C)C)no1. The van der Waals surface area contributed by atoms with Crippen molar-refractivity contribution in [2.24, 2.45) is 4.99 Å². The molecule has 2 heterocycles. The van der Waals surface area contributed by atoms with Crippen molar-refractivity contribution in [2.45, 2.75) is 58.5 Å². The highest BCUT2D eigenvalue weighted by Crippen LogP contribution is 2.15. The molecule has 130 valence electrons. The van der Waals surface area contributed by atoms with Crippen LogP contribution in [0, 0.1) is 0 Å². The minimum Gasteiger partial charge on any atom is -0.359 e. The Morgan fingerprint density at radius 2 is 2.26 bits per heavy atom. The molecular weight excluding hydrogens is 290 g/mol. The van der Waals surface area contributed by atoms with E-state index in [2.05, 4.69) is 46.5 Å². The van der Waals surface area contributed by atoms with Gasteiger partial charge in [0.2, 0.25) is 0 Å². The normalized spacial score (nSPS) is 20.0. The van der Waals surface area contributed by atoms with Gasteiger partial charge >= 0.3 is 0 Å². The lowest BCUT2D eigenvalue weighted by atomic mass is 10.0. The second-order valence-electron chi connectivity index (χ2n) is 6.61. The molecule has 0 amide bonds. The van der Waals surface area contributed by atoms with Crippen LogP contribution in [0.5, 0.6) is 0 Å². The first-order valence-electron chi connectivity index (χ1n) is 8.74. The van der Waals surface area contributed by atoms with E-state index in [0.29, 0.717) is 18.5 Å². The van der Waals surface area contributed by atoms with Gasteiger partial charge in [-0.3, -0.25) is 9.89 Å². The highest BCUT2D eigenvalue weighted by atomic mass is 16.5. The average Bonchev–Trinajstić information content (AvgIpc) is 3.01. The highest BCUT2D eigenvalue weighted by Gasteiger charge is 2.17. The summed E-state index contributed by atoms with van der Waals surface area (Å²) in [5.41, 5.74) is 0.990. The summed E-state index contributed by atoms with van der Waals surface area (Å²) in [5.74, 6) is 2.02. The fraction of sp³-hybridized carbons (Fsp3) is 0.765. The second kappa shape index (κ2) is 8.91. The monoisotopic (exact) mass is 321 g/mol. The first kappa shape index (κ1) is 17.8. The minimum atomic E-state index is 0.386. The molecular formula is C17H31N5O. The van der Waals surface area contributed by atoms with Crippen LogP contribution in [0.25, 0.3) is 0 Å². The van der Waals surface area contributed by atoms with Gasteiger partial charge in [-0.05, 0) is 32.2 Å². The van der Waals surface area contributed by atoms with Crippen LogP contribution in [0.3, 0.4) is 0 Å². The summed E-state index contributed by atoms with van der Waals surface area (Å²) in [6, 6.07) is 2.70. The zero-order valence-corrected chi connectivity index (χ0v) is 14.9. The van der Waals surface area contributed by atoms with Gasteiger partial charge in [0.25, 0.3) is 0 Å². The molecule has 0 spiro atoms.